The fourth-order valence-electron chi connectivity index (χ4n) is 3.90. The van der Waals surface area contributed by atoms with Crippen LogP contribution in [0.2, 0.25) is 0 Å². The van der Waals surface area contributed by atoms with Gasteiger partial charge in [-0.3, -0.25) is 14.9 Å². The molecule has 1 aliphatic carbocycles. The van der Waals surface area contributed by atoms with Crippen LogP contribution < -0.4 is 5.32 Å². The number of amides is 1. The van der Waals surface area contributed by atoms with Gasteiger partial charge in [-0.05, 0) is 54.9 Å². The van der Waals surface area contributed by atoms with Crippen LogP contribution in [-0.4, -0.2) is 27.2 Å². The van der Waals surface area contributed by atoms with Crippen molar-refractivity contribution in [2.45, 2.75) is 38.0 Å². The molecule has 2 N–H and O–H groups in total. The molecule has 0 unspecified atom stereocenters. The Labute approximate surface area is 179 Å². The Kier molecular flexibility index (Phi) is 6.18. The van der Waals surface area contributed by atoms with E-state index in [2.05, 4.69) is 15.5 Å². The second-order valence-electron chi connectivity index (χ2n) is 7.63. The van der Waals surface area contributed by atoms with E-state index in [9.17, 15) is 9.59 Å². The summed E-state index contributed by atoms with van der Waals surface area (Å²) in [5.41, 5.74) is 2.88. The van der Waals surface area contributed by atoms with Gasteiger partial charge in [-0.25, -0.2) is 0 Å². The monoisotopic (exact) mass is 421 g/mol. The van der Waals surface area contributed by atoms with Crippen molar-refractivity contribution in [1.82, 2.24) is 10.2 Å². The normalized spacial score (nSPS) is 18.7. The van der Waals surface area contributed by atoms with Crippen molar-refractivity contribution in [3.63, 3.8) is 0 Å². The minimum atomic E-state index is -0.691. The number of aliphatic carboxylic acids is 1. The molecule has 0 bridgehead atoms. The van der Waals surface area contributed by atoms with Crippen LogP contribution in [0.4, 0.5) is 5.13 Å². The number of nitrogens with zero attached hydrogens (tertiary/aromatic N) is 2. The third-order valence-corrected chi connectivity index (χ3v) is 6.44. The van der Waals surface area contributed by atoms with Crippen LogP contribution >= 0.6 is 11.3 Å². The molecule has 2 aromatic carbocycles. The average Bonchev–Trinajstić information content (AvgIpc) is 3.21. The van der Waals surface area contributed by atoms with E-state index in [1.807, 2.05) is 54.6 Å². The maximum atomic E-state index is 12.5. The summed E-state index contributed by atoms with van der Waals surface area (Å²) in [5, 5.41) is 21.5. The minimum absolute atomic E-state index is 0.210. The zero-order valence-corrected chi connectivity index (χ0v) is 17.3. The Bertz CT molecular complexity index is 1010. The van der Waals surface area contributed by atoms with Gasteiger partial charge in [-0.15, -0.1) is 10.2 Å². The number of aromatic nitrogens is 2. The van der Waals surface area contributed by atoms with Gasteiger partial charge in [0.25, 0.3) is 5.91 Å². The summed E-state index contributed by atoms with van der Waals surface area (Å²) < 4.78 is 0. The van der Waals surface area contributed by atoms with Crippen molar-refractivity contribution in [3.8, 4) is 0 Å². The van der Waals surface area contributed by atoms with Crippen LogP contribution in [0.15, 0.2) is 54.6 Å². The van der Waals surface area contributed by atoms with Crippen LogP contribution in [-0.2, 0) is 11.2 Å². The first-order chi connectivity index (χ1) is 14.6. The van der Waals surface area contributed by atoms with E-state index in [1.165, 1.54) is 11.3 Å². The highest BCUT2D eigenvalue weighted by Gasteiger charge is 2.26. The highest BCUT2D eigenvalue weighted by molar-refractivity contribution is 7.15. The highest BCUT2D eigenvalue weighted by Crippen LogP contribution is 2.36. The molecule has 1 saturated carbocycles. The van der Waals surface area contributed by atoms with Crippen LogP contribution in [0, 0.1) is 5.92 Å². The number of anilines is 1. The third kappa shape index (κ3) is 4.91. The number of hydrogen-bond donors (Lipinski definition) is 2. The van der Waals surface area contributed by atoms with Crippen molar-refractivity contribution >= 4 is 28.3 Å². The summed E-state index contributed by atoms with van der Waals surface area (Å²) in [6.45, 7) is 0. The number of carbonyl (C=O) groups excluding carboxylic acids is 1. The minimum Gasteiger partial charge on any atom is -0.481 e. The Morgan fingerprint density at radius 1 is 0.967 bits per heavy atom. The van der Waals surface area contributed by atoms with Crippen LogP contribution in [0.5, 0.6) is 0 Å². The van der Waals surface area contributed by atoms with Crippen LogP contribution in [0.25, 0.3) is 0 Å². The molecule has 1 aromatic heterocycles. The molecule has 0 radical (unpaired) electrons. The molecular formula is C23H23N3O3S. The molecule has 0 aliphatic heterocycles. The number of carboxylic acids is 1. The lowest BCUT2D eigenvalue weighted by Gasteiger charge is -2.26. The number of benzene rings is 2. The van der Waals surface area contributed by atoms with Gasteiger partial charge < -0.3 is 5.11 Å². The van der Waals surface area contributed by atoms with Gasteiger partial charge in [-0.1, -0.05) is 53.8 Å². The maximum Gasteiger partial charge on any atom is 0.306 e. The van der Waals surface area contributed by atoms with Crippen LogP contribution in [0.3, 0.4) is 0 Å². The first-order valence-corrected chi connectivity index (χ1v) is 10.9. The third-order valence-electron chi connectivity index (χ3n) is 5.61. The molecule has 3 aromatic rings. The van der Waals surface area contributed by atoms with Crippen molar-refractivity contribution in [2.75, 3.05) is 5.32 Å². The molecule has 1 amide bonds. The first kappa shape index (κ1) is 20.2. The molecule has 0 spiro atoms. The lowest BCUT2D eigenvalue weighted by atomic mass is 9.78. The zero-order chi connectivity index (χ0) is 20.9. The second kappa shape index (κ2) is 9.17. The van der Waals surface area contributed by atoms with Gasteiger partial charge in [-0.2, -0.15) is 0 Å². The zero-order valence-electron chi connectivity index (χ0n) is 16.5. The van der Waals surface area contributed by atoms with Crippen molar-refractivity contribution in [3.05, 3.63) is 76.3 Å². The van der Waals surface area contributed by atoms with E-state index in [1.54, 1.807) is 0 Å². The summed E-state index contributed by atoms with van der Waals surface area (Å²) in [4.78, 5) is 23.7. The lowest BCUT2D eigenvalue weighted by molar-refractivity contribution is -0.142. The highest BCUT2D eigenvalue weighted by atomic mass is 32.1. The standard InChI is InChI=1S/C23H23N3O3S/c27-21(24-23-26-25-20(30-23)14-15-4-2-1-3-5-15)18-10-6-16(7-11-18)17-8-12-19(13-9-17)22(28)29/h1-7,10-11,17,19H,8-9,12-14H2,(H,28,29)(H,24,26,27)/t17-,19-. The number of nitrogens with one attached hydrogen (secondary N) is 1. The average molecular weight is 422 g/mol. The number of carbonyl (C=O) groups is 2. The molecule has 0 saturated heterocycles. The molecule has 6 nitrogen and oxygen atoms in total. The summed E-state index contributed by atoms with van der Waals surface area (Å²) in [6.07, 6.45) is 3.86. The van der Waals surface area contributed by atoms with E-state index in [4.69, 9.17) is 5.11 Å². The van der Waals surface area contributed by atoms with Gasteiger partial charge >= 0.3 is 5.97 Å². The first-order valence-electron chi connectivity index (χ1n) is 10.1. The van der Waals surface area contributed by atoms with E-state index in [-0.39, 0.29) is 11.8 Å². The number of hydrogen-bond acceptors (Lipinski definition) is 5. The van der Waals surface area contributed by atoms with E-state index >= 15 is 0 Å². The number of carboxylic acid groups (broad SMARTS) is 1. The lowest BCUT2D eigenvalue weighted by Crippen LogP contribution is -2.20. The predicted molar refractivity (Wildman–Crippen MR) is 116 cm³/mol. The molecule has 0 atom stereocenters. The van der Waals surface area contributed by atoms with Crippen molar-refractivity contribution in [2.24, 2.45) is 5.92 Å². The maximum absolute atomic E-state index is 12.5. The molecule has 4 rings (SSSR count). The summed E-state index contributed by atoms with van der Waals surface area (Å²) in [6, 6.07) is 17.6. The Morgan fingerprint density at radius 3 is 2.33 bits per heavy atom. The Hall–Kier alpha value is -3.06. The van der Waals surface area contributed by atoms with Crippen molar-refractivity contribution in [1.29, 1.82) is 0 Å². The Morgan fingerprint density at radius 2 is 1.67 bits per heavy atom. The summed E-state index contributed by atoms with van der Waals surface area (Å²) in [7, 11) is 0. The molecular weight excluding hydrogens is 398 g/mol. The van der Waals surface area contributed by atoms with Gasteiger partial charge in [0.05, 0.1) is 5.92 Å². The molecule has 1 heterocycles. The summed E-state index contributed by atoms with van der Waals surface area (Å²) >= 11 is 1.38. The van der Waals surface area contributed by atoms with Gasteiger partial charge in [0, 0.05) is 12.0 Å². The SMILES string of the molecule is O=C(Nc1nnc(Cc2ccccc2)s1)c1ccc([C@H]2CC[C@H](C(=O)O)CC2)cc1. The summed E-state index contributed by atoms with van der Waals surface area (Å²) in [5.74, 6) is -0.756. The van der Waals surface area contributed by atoms with Gasteiger partial charge in [0.15, 0.2) is 0 Å². The second-order valence-corrected chi connectivity index (χ2v) is 8.69. The molecule has 30 heavy (non-hydrogen) atoms. The quantitative estimate of drug-likeness (QED) is 0.600. The van der Waals surface area contributed by atoms with E-state index in [0.717, 1.165) is 29.0 Å². The topological polar surface area (TPSA) is 92.2 Å². The fraction of sp³-hybridized carbons (Fsp3) is 0.304. The van der Waals surface area contributed by atoms with E-state index < -0.39 is 5.97 Å². The van der Waals surface area contributed by atoms with Crippen LogP contribution in [0.1, 0.15) is 58.1 Å². The molecule has 7 heteroatoms. The smallest absolute Gasteiger partial charge is 0.306 e. The van der Waals surface area contributed by atoms with Gasteiger partial charge in [0.2, 0.25) is 5.13 Å². The predicted octanol–water partition coefficient (Wildman–Crippen LogP) is 4.74. The molecule has 1 aliphatic rings. The largest absolute Gasteiger partial charge is 0.481 e. The Balaban J connectivity index is 1.34. The van der Waals surface area contributed by atoms with Gasteiger partial charge in [0.1, 0.15) is 5.01 Å². The molecule has 1 fully saturated rings. The van der Waals surface area contributed by atoms with E-state index in [0.29, 0.717) is 35.9 Å². The fourth-order valence-corrected chi connectivity index (χ4v) is 4.66. The molecule has 154 valence electrons. The number of rotatable bonds is 6. The van der Waals surface area contributed by atoms with Crippen molar-refractivity contribution < 1.29 is 14.7 Å².